The van der Waals surface area contributed by atoms with Crippen LogP contribution in [0.15, 0.2) is 54.7 Å². The summed E-state index contributed by atoms with van der Waals surface area (Å²) >= 11 is 0. The van der Waals surface area contributed by atoms with Crippen molar-refractivity contribution in [2.24, 2.45) is 5.92 Å². The number of nitrogens with one attached hydrogen (secondary N) is 3. The van der Waals surface area contributed by atoms with Gasteiger partial charge in [0.2, 0.25) is 11.8 Å². The maximum atomic E-state index is 13.0. The molecule has 12 nitrogen and oxygen atoms in total. The number of likely N-dealkylation sites (tertiary alicyclic amines) is 1. The van der Waals surface area contributed by atoms with Gasteiger partial charge in [-0.1, -0.05) is 55.7 Å². The maximum absolute atomic E-state index is 13.0. The van der Waals surface area contributed by atoms with Crippen LogP contribution in [0.1, 0.15) is 44.1 Å². The Morgan fingerprint density at radius 3 is 2.50 bits per heavy atom. The number of aliphatic carboxylic acids is 1. The number of carbonyl (C=O) groups excluding carboxylic acids is 3. The van der Waals surface area contributed by atoms with E-state index in [1.165, 1.54) is 0 Å². The number of hydrogen-bond donors (Lipinski definition) is 4. The summed E-state index contributed by atoms with van der Waals surface area (Å²) in [6, 6.07) is 13.4. The van der Waals surface area contributed by atoms with Crippen molar-refractivity contribution in [3.05, 3.63) is 60.3 Å². The number of rotatable bonds is 13. The number of ether oxygens (including phenoxy) is 2. The first kappa shape index (κ1) is 30.8. The molecule has 2 aromatic rings. The van der Waals surface area contributed by atoms with E-state index >= 15 is 0 Å². The van der Waals surface area contributed by atoms with E-state index in [9.17, 15) is 24.3 Å². The number of aromatic nitrogens is 1. The highest BCUT2D eigenvalue weighted by molar-refractivity contribution is 5.86. The lowest BCUT2D eigenvalue weighted by molar-refractivity contribution is -0.142. The number of pyridine rings is 1. The molecule has 1 aromatic heterocycles. The standard InChI is InChI=1S/C30H39N5O7/c36-27(33-17-25(29(38)39)34-28(37)22-11-5-2-6-12-22)20-41-24-15-23(16-32-26-13-7-8-14-31-26)35(18-24)30(40)42-19-21-9-3-1-4-10-21/h1,3-4,7-10,13-14,22-25H,2,5-6,11-12,15-20H2,(H,31,32)(H,33,36)(H,34,37)(H,38,39). The lowest BCUT2D eigenvalue weighted by Gasteiger charge is -2.24. The summed E-state index contributed by atoms with van der Waals surface area (Å²) in [5.41, 5.74) is 0.868. The molecule has 0 spiro atoms. The Bertz CT molecular complexity index is 1180. The summed E-state index contributed by atoms with van der Waals surface area (Å²) < 4.78 is 11.4. The highest BCUT2D eigenvalue weighted by Crippen LogP contribution is 2.24. The first-order valence-corrected chi connectivity index (χ1v) is 14.4. The number of carboxylic acid groups (broad SMARTS) is 1. The minimum Gasteiger partial charge on any atom is -0.480 e. The van der Waals surface area contributed by atoms with Crippen LogP contribution in [-0.2, 0) is 30.5 Å². The van der Waals surface area contributed by atoms with Crippen molar-refractivity contribution < 1.29 is 33.8 Å². The van der Waals surface area contributed by atoms with E-state index in [-0.39, 0.29) is 44.2 Å². The molecule has 4 N–H and O–H groups in total. The maximum Gasteiger partial charge on any atom is 0.410 e. The van der Waals surface area contributed by atoms with Gasteiger partial charge in [0.1, 0.15) is 25.1 Å². The first-order valence-electron chi connectivity index (χ1n) is 14.4. The number of amides is 3. The van der Waals surface area contributed by atoms with E-state index < -0.39 is 30.1 Å². The SMILES string of the molecule is O=C(COC1CC(CNc2ccccn2)N(C(=O)OCc2ccccc2)C1)NCC(NC(=O)C1CCCCC1)C(=O)O. The lowest BCUT2D eigenvalue weighted by Crippen LogP contribution is -2.50. The molecule has 1 aliphatic carbocycles. The number of hydrogen-bond acceptors (Lipinski definition) is 8. The van der Waals surface area contributed by atoms with E-state index in [0.717, 1.165) is 37.7 Å². The van der Waals surface area contributed by atoms with Crippen molar-refractivity contribution in [2.75, 3.05) is 31.6 Å². The zero-order valence-electron chi connectivity index (χ0n) is 23.6. The van der Waals surface area contributed by atoms with Gasteiger partial charge in [-0.2, -0.15) is 0 Å². The van der Waals surface area contributed by atoms with E-state index in [0.29, 0.717) is 18.8 Å². The zero-order chi connectivity index (χ0) is 29.7. The average Bonchev–Trinajstić information content (AvgIpc) is 3.44. The van der Waals surface area contributed by atoms with Crippen LogP contribution in [-0.4, -0.2) is 83.3 Å². The summed E-state index contributed by atoms with van der Waals surface area (Å²) in [7, 11) is 0. The predicted molar refractivity (Wildman–Crippen MR) is 153 cm³/mol. The fourth-order valence-electron chi connectivity index (χ4n) is 5.22. The highest BCUT2D eigenvalue weighted by Gasteiger charge is 2.37. The molecule has 12 heteroatoms. The topological polar surface area (TPSA) is 159 Å². The van der Waals surface area contributed by atoms with Gasteiger partial charge >= 0.3 is 12.1 Å². The fraction of sp³-hybridized carbons (Fsp3) is 0.500. The van der Waals surface area contributed by atoms with Crippen molar-refractivity contribution in [1.29, 1.82) is 0 Å². The molecule has 2 heterocycles. The van der Waals surface area contributed by atoms with E-state index in [2.05, 4.69) is 20.9 Å². The summed E-state index contributed by atoms with van der Waals surface area (Å²) in [4.78, 5) is 55.5. The first-order chi connectivity index (χ1) is 20.4. The molecule has 1 saturated heterocycles. The average molecular weight is 582 g/mol. The second-order valence-corrected chi connectivity index (χ2v) is 10.6. The normalized spacial score (nSPS) is 19.5. The predicted octanol–water partition coefficient (Wildman–Crippen LogP) is 2.56. The second kappa shape index (κ2) is 15.7. The molecule has 1 aliphatic heterocycles. The van der Waals surface area contributed by atoms with E-state index in [1.807, 2.05) is 48.5 Å². The van der Waals surface area contributed by atoms with Crippen molar-refractivity contribution in [3.63, 3.8) is 0 Å². The number of carboxylic acids is 1. The minimum atomic E-state index is -1.23. The molecular formula is C30H39N5O7. The Kier molecular flexibility index (Phi) is 11.5. The van der Waals surface area contributed by atoms with Crippen LogP contribution in [0.3, 0.4) is 0 Å². The molecular weight excluding hydrogens is 542 g/mol. The third-order valence-electron chi connectivity index (χ3n) is 7.54. The third-order valence-corrected chi connectivity index (χ3v) is 7.54. The largest absolute Gasteiger partial charge is 0.480 e. The summed E-state index contributed by atoms with van der Waals surface area (Å²) in [6.07, 6.45) is 5.69. The molecule has 226 valence electrons. The summed E-state index contributed by atoms with van der Waals surface area (Å²) in [5.74, 6) is -1.54. The summed E-state index contributed by atoms with van der Waals surface area (Å²) in [6.45, 7) is 0.192. The van der Waals surface area contributed by atoms with Gasteiger partial charge in [-0.05, 0) is 37.0 Å². The van der Waals surface area contributed by atoms with Gasteiger partial charge in [-0.15, -0.1) is 0 Å². The van der Waals surface area contributed by atoms with Crippen LogP contribution in [0, 0.1) is 5.92 Å². The molecule has 1 aromatic carbocycles. The molecule has 4 rings (SSSR count). The number of benzene rings is 1. The molecule has 3 unspecified atom stereocenters. The van der Waals surface area contributed by atoms with Crippen LogP contribution in [0.5, 0.6) is 0 Å². The highest BCUT2D eigenvalue weighted by atomic mass is 16.6. The quantitative estimate of drug-likeness (QED) is 0.279. The van der Waals surface area contributed by atoms with Gasteiger partial charge in [-0.25, -0.2) is 14.6 Å². The van der Waals surface area contributed by atoms with Gasteiger partial charge in [0, 0.05) is 25.2 Å². The molecule has 2 aliphatic rings. The second-order valence-electron chi connectivity index (χ2n) is 10.6. The van der Waals surface area contributed by atoms with E-state index in [1.54, 1.807) is 11.1 Å². The van der Waals surface area contributed by atoms with Crippen LogP contribution in [0.25, 0.3) is 0 Å². The number of anilines is 1. The molecule has 1 saturated carbocycles. The van der Waals surface area contributed by atoms with Crippen molar-refractivity contribution in [1.82, 2.24) is 20.5 Å². The lowest BCUT2D eigenvalue weighted by atomic mass is 9.88. The molecule has 2 fully saturated rings. The van der Waals surface area contributed by atoms with Crippen molar-refractivity contribution in [2.45, 2.75) is 63.3 Å². The van der Waals surface area contributed by atoms with Gasteiger partial charge < -0.3 is 35.4 Å². The Morgan fingerprint density at radius 1 is 1.02 bits per heavy atom. The van der Waals surface area contributed by atoms with E-state index in [4.69, 9.17) is 9.47 Å². The van der Waals surface area contributed by atoms with Crippen LogP contribution in [0.4, 0.5) is 10.6 Å². The smallest absolute Gasteiger partial charge is 0.410 e. The Morgan fingerprint density at radius 2 is 1.79 bits per heavy atom. The Hall–Kier alpha value is -4.19. The van der Waals surface area contributed by atoms with Gasteiger partial charge in [0.15, 0.2) is 0 Å². The third kappa shape index (κ3) is 9.44. The molecule has 0 bridgehead atoms. The number of carbonyl (C=O) groups is 4. The Balaban J connectivity index is 1.26. The van der Waals surface area contributed by atoms with Crippen LogP contribution < -0.4 is 16.0 Å². The zero-order valence-corrected chi connectivity index (χ0v) is 23.6. The molecule has 42 heavy (non-hydrogen) atoms. The molecule has 3 atom stereocenters. The fourth-order valence-corrected chi connectivity index (χ4v) is 5.22. The summed E-state index contributed by atoms with van der Waals surface area (Å²) in [5, 5.41) is 17.9. The Labute approximate surface area is 245 Å². The molecule has 0 radical (unpaired) electrons. The van der Waals surface area contributed by atoms with Gasteiger partial charge in [0.05, 0.1) is 18.7 Å². The van der Waals surface area contributed by atoms with Gasteiger partial charge in [-0.3, -0.25) is 9.59 Å². The number of nitrogens with zero attached hydrogens (tertiary/aromatic N) is 2. The van der Waals surface area contributed by atoms with Crippen LogP contribution >= 0.6 is 0 Å². The molecule has 3 amide bonds. The monoisotopic (exact) mass is 581 g/mol. The van der Waals surface area contributed by atoms with Gasteiger partial charge in [0.25, 0.3) is 0 Å². The van der Waals surface area contributed by atoms with Crippen LogP contribution in [0.2, 0.25) is 0 Å². The van der Waals surface area contributed by atoms with Crippen molar-refractivity contribution >= 4 is 29.7 Å². The minimum absolute atomic E-state index is 0.131. The van der Waals surface area contributed by atoms with Crippen molar-refractivity contribution in [3.8, 4) is 0 Å².